The Balaban J connectivity index is 0.00000150. The topological polar surface area (TPSA) is 76.8 Å². The summed E-state index contributed by atoms with van der Waals surface area (Å²) in [6, 6.07) is 7.99. The third kappa shape index (κ3) is 5.76. The molecule has 1 aliphatic heterocycles. The maximum atomic E-state index is 12.7. The molecule has 29 heavy (non-hydrogen) atoms. The van der Waals surface area contributed by atoms with Crippen LogP contribution in [0, 0.1) is 17.8 Å². The highest BCUT2D eigenvalue weighted by molar-refractivity contribution is 5.85. The number of amides is 1. The lowest BCUT2D eigenvalue weighted by atomic mass is 9.84. The molecule has 4 unspecified atom stereocenters. The van der Waals surface area contributed by atoms with Crippen molar-refractivity contribution < 1.29 is 14.3 Å². The molecule has 2 aliphatic carbocycles. The Labute approximate surface area is 185 Å². The summed E-state index contributed by atoms with van der Waals surface area (Å²) >= 11 is 0. The van der Waals surface area contributed by atoms with Crippen molar-refractivity contribution in [1.82, 2.24) is 10.2 Å². The average Bonchev–Trinajstić information content (AvgIpc) is 3.29. The van der Waals surface area contributed by atoms with Crippen LogP contribution < -0.4 is 15.8 Å². The van der Waals surface area contributed by atoms with Gasteiger partial charge >= 0.3 is 0 Å². The minimum Gasteiger partial charge on any atom is -0.492 e. The first-order valence-corrected chi connectivity index (χ1v) is 10.3. The van der Waals surface area contributed by atoms with E-state index in [0.29, 0.717) is 25.0 Å². The second-order valence-corrected chi connectivity index (χ2v) is 8.06. The van der Waals surface area contributed by atoms with E-state index in [9.17, 15) is 4.79 Å². The molecule has 0 spiro atoms. The van der Waals surface area contributed by atoms with Gasteiger partial charge in [-0.3, -0.25) is 9.69 Å². The highest BCUT2D eigenvalue weighted by Gasteiger charge is 2.48. The SMILES string of the molecule is Cl.Cl.NC1C2CCC(C2)C1C(=O)NCc1ccccc1OCCN1CCOCC1. The fourth-order valence-electron chi connectivity index (χ4n) is 4.93. The minimum atomic E-state index is -0.0156. The quantitative estimate of drug-likeness (QED) is 0.672. The van der Waals surface area contributed by atoms with E-state index in [1.54, 1.807) is 0 Å². The molecule has 1 aromatic carbocycles. The number of fused-ring (bicyclic) bond motifs is 2. The van der Waals surface area contributed by atoms with E-state index >= 15 is 0 Å². The number of para-hydroxylation sites is 1. The van der Waals surface area contributed by atoms with Crippen molar-refractivity contribution in [2.45, 2.75) is 31.8 Å². The number of carbonyl (C=O) groups is 1. The van der Waals surface area contributed by atoms with E-state index in [1.165, 1.54) is 6.42 Å². The number of benzene rings is 1. The van der Waals surface area contributed by atoms with E-state index in [4.69, 9.17) is 15.2 Å². The Kier molecular flexibility index (Phi) is 9.50. The Bertz CT molecular complexity index is 656. The summed E-state index contributed by atoms with van der Waals surface area (Å²) in [6.07, 6.45) is 3.47. The van der Waals surface area contributed by atoms with Gasteiger partial charge in [0.25, 0.3) is 0 Å². The number of nitrogens with two attached hydrogens (primary N) is 1. The number of hydrogen-bond acceptors (Lipinski definition) is 5. The monoisotopic (exact) mass is 445 g/mol. The molecular formula is C21H33Cl2N3O3. The first-order chi connectivity index (χ1) is 13.2. The molecule has 1 heterocycles. The minimum absolute atomic E-state index is 0. The summed E-state index contributed by atoms with van der Waals surface area (Å²) in [6.45, 7) is 5.55. The van der Waals surface area contributed by atoms with Gasteiger partial charge in [-0.25, -0.2) is 0 Å². The summed E-state index contributed by atoms with van der Waals surface area (Å²) in [5, 5.41) is 3.11. The molecule has 3 N–H and O–H groups in total. The van der Waals surface area contributed by atoms with Crippen molar-refractivity contribution in [3.63, 3.8) is 0 Å². The molecule has 2 bridgehead atoms. The van der Waals surface area contributed by atoms with Crippen molar-refractivity contribution in [2.75, 3.05) is 39.5 Å². The molecule has 3 fully saturated rings. The lowest BCUT2D eigenvalue weighted by Gasteiger charge is -2.27. The number of morpholine rings is 1. The molecule has 164 valence electrons. The first-order valence-electron chi connectivity index (χ1n) is 10.3. The molecule has 1 aromatic rings. The van der Waals surface area contributed by atoms with E-state index < -0.39 is 0 Å². The van der Waals surface area contributed by atoms with E-state index in [1.807, 2.05) is 24.3 Å². The molecule has 1 saturated heterocycles. The summed E-state index contributed by atoms with van der Waals surface area (Å²) in [7, 11) is 0. The molecule has 3 aliphatic rings. The van der Waals surface area contributed by atoms with Gasteiger partial charge in [-0.05, 0) is 37.2 Å². The van der Waals surface area contributed by atoms with Crippen LogP contribution >= 0.6 is 24.8 Å². The molecule has 4 rings (SSSR count). The number of halogens is 2. The Hall–Kier alpha value is -1.05. The van der Waals surface area contributed by atoms with Crippen LogP contribution in [0.5, 0.6) is 5.75 Å². The number of nitrogens with zero attached hydrogens (tertiary/aromatic N) is 1. The molecule has 4 atom stereocenters. The largest absolute Gasteiger partial charge is 0.492 e. The second-order valence-electron chi connectivity index (χ2n) is 8.06. The summed E-state index contributed by atoms with van der Waals surface area (Å²) < 4.78 is 11.4. The van der Waals surface area contributed by atoms with E-state index in [2.05, 4.69) is 10.2 Å². The van der Waals surface area contributed by atoms with Crippen LogP contribution in [-0.2, 0) is 16.1 Å². The zero-order chi connectivity index (χ0) is 18.6. The van der Waals surface area contributed by atoms with Gasteiger partial charge < -0.3 is 20.5 Å². The second kappa shape index (κ2) is 11.4. The van der Waals surface area contributed by atoms with Crippen LogP contribution in [0.15, 0.2) is 24.3 Å². The van der Waals surface area contributed by atoms with Gasteiger partial charge in [0.15, 0.2) is 0 Å². The lowest BCUT2D eigenvalue weighted by molar-refractivity contribution is -0.127. The predicted molar refractivity (Wildman–Crippen MR) is 118 cm³/mol. The van der Waals surface area contributed by atoms with Gasteiger partial charge in [0.2, 0.25) is 5.91 Å². The highest BCUT2D eigenvalue weighted by atomic mass is 35.5. The van der Waals surface area contributed by atoms with Crippen LogP contribution in [0.4, 0.5) is 0 Å². The highest BCUT2D eigenvalue weighted by Crippen LogP contribution is 2.47. The maximum absolute atomic E-state index is 12.7. The zero-order valence-corrected chi connectivity index (χ0v) is 18.4. The van der Waals surface area contributed by atoms with Crippen LogP contribution in [0.25, 0.3) is 0 Å². The van der Waals surface area contributed by atoms with Gasteiger partial charge in [0.1, 0.15) is 12.4 Å². The Morgan fingerprint density at radius 2 is 1.90 bits per heavy atom. The van der Waals surface area contributed by atoms with Crippen LogP contribution in [0.1, 0.15) is 24.8 Å². The van der Waals surface area contributed by atoms with Crippen molar-refractivity contribution in [3.8, 4) is 5.75 Å². The van der Waals surface area contributed by atoms with Gasteiger partial charge in [-0.1, -0.05) is 18.2 Å². The number of hydrogen-bond donors (Lipinski definition) is 2. The van der Waals surface area contributed by atoms with E-state index in [-0.39, 0.29) is 42.7 Å². The van der Waals surface area contributed by atoms with Crippen molar-refractivity contribution >= 4 is 30.7 Å². The Morgan fingerprint density at radius 3 is 2.62 bits per heavy atom. The van der Waals surface area contributed by atoms with Crippen molar-refractivity contribution in [3.05, 3.63) is 29.8 Å². The fraction of sp³-hybridized carbons (Fsp3) is 0.667. The summed E-state index contributed by atoms with van der Waals surface area (Å²) in [4.78, 5) is 15.1. The van der Waals surface area contributed by atoms with Gasteiger partial charge in [-0.2, -0.15) is 0 Å². The third-order valence-electron chi connectivity index (χ3n) is 6.48. The number of rotatable bonds is 7. The van der Waals surface area contributed by atoms with Crippen molar-refractivity contribution in [1.29, 1.82) is 0 Å². The standard InChI is InChI=1S/C21H31N3O3.2ClH/c22-20-16-6-5-15(13-16)19(20)21(25)23-14-17-3-1-2-4-18(17)27-12-9-24-7-10-26-11-8-24;;/h1-4,15-16,19-20H,5-14,22H2,(H,23,25);2*1H. The third-order valence-corrected chi connectivity index (χ3v) is 6.48. The average molecular weight is 446 g/mol. The summed E-state index contributed by atoms with van der Waals surface area (Å²) in [5.41, 5.74) is 7.32. The molecular weight excluding hydrogens is 413 g/mol. The van der Waals surface area contributed by atoms with Gasteiger partial charge in [0.05, 0.1) is 19.1 Å². The van der Waals surface area contributed by atoms with Gasteiger partial charge in [-0.15, -0.1) is 24.8 Å². The molecule has 0 radical (unpaired) electrons. The molecule has 0 aromatic heterocycles. The number of ether oxygens (including phenoxy) is 2. The molecule has 2 saturated carbocycles. The Morgan fingerprint density at radius 1 is 1.17 bits per heavy atom. The number of nitrogens with one attached hydrogen (secondary N) is 1. The first kappa shape index (κ1) is 24.2. The molecule has 1 amide bonds. The van der Waals surface area contributed by atoms with Crippen LogP contribution in [0.2, 0.25) is 0 Å². The smallest absolute Gasteiger partial charge is 0.225 e. The lowest BCUT2D eigenvalue weighted by Crippen LogP contribution is -2.45. The maximum Gasteiger partial charge on any atom is 0.225 e. The zero-order valence-electron chi connectivity index (χ0n) is 16.8. The van der Waals surface area contributed by atoms with Crippen LogP contribution in [-0.4, -0.2) is 56.3 Å². The van der Waals surface area contributed by atoms with Gasteiger partial charge in [0, 0.05) is 37.8 Å². The molecule has 8 heteroatoms. The number of carbonyl (C=O) groups excluding carboxylic acids is 1. The fourth-order valence-corrected chi connectivity index (χ4v) is 4.93. The molecule has 6 nitrogen and oxygen atoms in total. The normalized spacial score (nSPS) is 28.3. The van der Waals surface area contributed by atoms with Crippen LogP contribution in [0.3, 0.4) is 0 Å². The van der Waals surface area contributed by atoms with E-state index in [0.717, 1.165) is 57.0 Å². The van der Waals surface area contributed by atoms with Crippen molar-refractivity contribution in [2.24, 2.45) is 23.5 Å². The summed E-state index contributed by atoms with van der Waals surface area (Å²) in [5.74, 6) is 1.96. The predicted octanol–water partition coefficient (Wildman–Crippen LogP) is 2.23.